The summed E-state index contributed by atoms with van der Waals surface area (Å²) >= 11 is 0. The van der Waals surface area contributed by atoms with E-state index in [0.29, 0.717) is 36.6 Å². The van der Waals surface area contributed by atoms with Crippen LogP contribution in [0.2, 0.25) is 0 Å². The molecule has 7 nitrogen and oxygen atoms in total. The predicted molar refractivity (Wildman–Crippen MR) is 98.6 cm³/mol. The summed E-state index contributed by atoms with van der Waals surface area (Å²) in [6.07, 6.45) is 2.46. The first-order valence-corrected chi connectivity index (χ1v) is 8.41. The Morgan fingerprint density at radius 1 is 1.23 bits per heavy atom. The number of pyridine rings is 1. The molecule has 0 bridgehead atoms. The van der Waals surface area contributed by atoms with Crippen molar-refractivity contribution in [2.24, 2.45) is 7.05 Å². The second-order valence-corrected chi connectivity index (χ2v) is 6.47. The second-order valence-electron chi connectivity index (χ2n) is 6.47. The van der Waals surface area contributed by atoms with Gasteiger partial charge in [0.05, 0.1) is 5.56 Å². The van der Waals surface area contributed by atoms with Crippen LogP contribution in [0.3, 0.4) is 0 Å². The summed E-state index contributed by atoms with van der Waals surface area (Å²) in [7, 11) is 1.71. The Labute approximate surface area is 150 Å². The van der Waals surface area contributed by atoms with E-state index < -0.39 is 0 Å². The number of nitrogens with zero attached hydrogens (tertiary/aromatic N) is 3. The van der Waals surface area contributed by atoms with Crippen molar-refractivity contribution >= 4 is 11.7 Å². The molecule has 3 heterocycles. The average molecular weight is 349 g/mol. The summed E-state index contributed by atoms with van der Waals surface area (Å²) in [5.41, 5.74) is 9.83. The number of anilines is 1. The maximum atomic E-state index is 13.1. The van der Waals surface area contributed by atoms with Crippen LogP contribution in [0, 0.1) is 0 Å². The van der Waals surface area contributed by atoms with E-state index in [-0.39, 0.29) is 11.5 Å². The van der Waals surface area contributed by atoms with Gasteiger partial charge in [-0.15, -0.1) is 0 Å². The lowest BCUT2D eigenvalue weighted by Gasteiger charge is -2.29. The van der Waals surface area contributed by atoms with Crippen molar-refractivity contribution in [3.8, 4) is 11.1 Å². The molecule has 2 aromatic heterocycles. The van der Waals surface area contributed by atoms with Crippen LogP contribution in [0.5, 0.6) is 0 Å². The molecule has 1 aliphatic heterocycles. The van der Waals surface area contributed by atoms with Crippen molar-refractivity contribution in [1.82, 2.24) is 19.7 Å². The molecule has 0 unspecified atom stereocenters. The van der Waals surface area contributed by atoms with E-state index in [0.717, 1.165) is 16.7 Å². The lowest BCUT2D eigenvalue weighted by atomic mass is 10.0. The molecular weight excluding hydrogens is 330 g/mol. The summed E-state index contributed by atoms with van der Waals surface area (Å²) in [4.78, 5) is 26.6. The normalized spacial score (nSPS) is 13.5. The van der Waals surface area contributed by atoms with Crippen LogP contribution in [0.15, 0.2) is 47.4 Å². The molecule has 0 aliphatic carbocycles. The lowest BCUT2D eigenvalue weighted by molar-refractivity contribution is 0.0729. The van der Waals surface area contributed by atoms with Gasteiger partial charge in [0.1, 0.15) is 5.69 Å². The van der Waals surface area contributed by atoms with Gasteiger partial charge >= 0.3 is 0 Å². The van der Waals surface area contributed by atoms with Crippen molar-refractivity contribution in [3.05, 3.63) is 69.8 Å². The molecule has 1 aromatic carbocycles. The maximum Gasteiger partial charge on any atom is 0.272 e. The van der Waals surface area contributed by atoms with E-state index in [1.165, 1.54) is 4.57 Å². The molecule has 0 radical (unpaired) electrons. The van der Waals surface area contributed by atoms with Crippen molar-refractivity contribution < 1.29 is 4.79 Å². The number of nitrogens with one attached hydrogen (secondary N) is 1. The number of nitrogens with two attached hydrogens (primary N) is 1. The summed E-state index contributed by atoms with van der Waals surface area (Å²) in [5.74, 6) is 0.159. The van der Waals surface area contributed by atoms with Gasteiger partial charge in [-0.25, -0.2) is 0 Å². The molecule has 1 aliphatic rings. The fourth-order valence-electron chi connectivity index (χ4n) is 3.38. The van der Waals surface area contributed by atoms with Crippen LogP contribution in [0.1, 0.15) is 21.6 Å². The Kier molecular flexibility index (Phi) is 3.84. The largest absolute Gasteiger partial charge is 0.382 e. The first kappa shape index (κ1) is 16.1. The molecule has 0 spiro atoms. The molecule has 132 valence electrons. The zero-order valence-corrected chi connectivity index (χ0v) is 14.4. The molecule has 0 saturated heterocycles. The third-order valence-corrected chi connectivity index (χ3v) is 4.78. The molecule has 1 amide bonds. The Bertz CT molecular complexity index is 1040. The van der Waals surface area contributed by atoms with Gasteiger partial charge in [-0.3, -0.25) is 14.7 Å². The second kappa shape index (κ2) is 6.18. The number of H-pyrrole nitrogens is 1. The quantitative estimate of drug-likeness (QED) is 0.734. The number of rotatable bonds is 2. The molecule has 4 rings (SSSR count). The van der Waals surface area contributed by atoms with Crippen LogP contribution < -0.4 is 11.3 Å². The van der Waals surface area contributed by atoms with Gasteiger partial charge in [-0.2, -0.15) is 5.10 Å². The van der Waals surface area contributed by atoms with Crippen LogP contribution in [0.4, 0.5) is 5.82 Å². The van der Waals surface area contributed by atoms with Gasteiger partial charge in [-0.1, -0.05) is 30.3 Å². The summed E-state index contributed by atoms with van der Waals surface area (Å²) in [5, 5.41) is 6.83. The number of fused-ring (bicyclic) bond motifs is 1. The fourth-order valence-corrected chi connectivity index (χ4v) is 3.38. The topological polar surface area (TPSA) is 97.0 Å². The minimum absolute atomic E-state index is 0.0313. The van der Waals surface area contributed by atoms with Gasteiger partial charge in [0.15, 0.2) is 5.82 Å². The minimum atomic E-state index is -0.146. The van der Waals surface area contributed by atoms with Crippen molar-refractivity contribution in [2.45, 2.75) is 13.0 Å². The number of amides is 1. The number of nitrogen functional groups attached to an aromatic ring is 1. The summed E-state index contributed by atoms with van der Waals surface area (Å²) in [6, 6.07) is 11.2. The van der Waals surface area contributed by atoms with Crippen LogP contribution in [-0.2, 0) is 20.0 Å². The van der Waals surface area contributed by atoms with E-state index in [2.05, 4.69) is 10.2 Å². The number of carbonyl (C=O) groups excluding carboxylic acids is 1. The number of hydrogen-bond donors (Lipinski definition) is 2. The third kappa shape index (κ3) is 2.67. The van der Waals surface area contributed by atoms with Crippen molar-refractivity contribution in [2.75, 3.05) is 12.3 Å². The van der Waals surface area contributed by atoms with E-state index >= 15 is 0 Å². The number of aromatic nitrogens is 3. The number of carbonyl (C=O) groups is 1. The van der Waals surface area contributed by atoms with E-state index in [1.807, 2.05) is 30.3 Å². The maximum absolute atomic E-state index is 13.1. The van der Waals surface area contributed by atoms with Gasteiger partial charge in [0, 0.05) is 32.4 Å². The van der Waals surface area contributed by atoms with Gasteiger partial charge in [0.2, 0.25) is 0 Å². The molecular formula is C19H19N5O2. The fraction of sp³-hybridized carbons (Fsp3) is 0.211. The average Bonchev–Trinajstić information content (AvgIpc) is 3.04. The summed E-state index contributed by atoms with van der Waals surface area (Å²) in [6.45, 7) is 1.00. The first-order chi connectivity index (χ1) is 12.5. The smallest absolute Gasteiger partial charge is 0.272 e. The van der Waals surface area contributed by atoms with E-state index in [4.69, 9.17) is 5.73 Å². The lowest BCUT2D eigenvalue weighted by Crippen LogP contribution is -2.37. The van der Waals surface area contributed by atoms with E-state index in [1.54, 1.807) is 24.2 Å². The minimum Gasteiger partial charge on any atom is -0.382 e. The highest BCUT2D eigenvalue weighted by Crippen LogP contribution is 2.29. The molecule has 3 aromatic rings. The van der Waals surface area contributed by atoms with Crippen molar-refractivity contribution in [3.63, 3.8) is 0 Å². The van der Waals surface area contributed by atoms with Gasteiger partial charge in [0.25, 0.3) is 11.5 Å². The Morgan fingerprint density at radius 3 is 2.77 bits per heavy atom. The first-order valence-electron chi connectivity index (χ1n) is 8.41. The third-order valence-electron chi connectivity index (χ3n) is 4.78. The molecule has 0 fully saturated rings. The highest BCUT2D eigenvalue weighted by atomic mass is 16.2. The highest BCUT2D eigenvalue weighted by molar-refractivity contribution is 6.01. The van der Waals surface area contributed by atoms with Gasteiger partial charge in [-0.05, 0) is 23.1 Å². The predicted octanol–water partition coefficient (Wildman–Crippen LogP) is 1.56. The zero-order valence-electron chi connectivity index (χ0n) is 14.4. The Hall–Kier alpha value is -3.35. The Morgan fingerprint density at radius 2 is 2.00 bits per heavy atom. The molecule has 26 heavy (non-hydrogen) atoms. The SMILES string of the molecule is Cn1cc2c(cc1=O)CCN(C(=O)c1[nH]nc(N)c1-c1ccccc1)C2. The molecule has 7 heteroatoms. The van der Waals surface area contributed by atoms with Crippen LogP contribution in [-0.4, -0.2) is 32.1 Å². The zero-order chi connectivity index (χ0) is 18.3. The van der Waals surface area contributed by atoms with Crippen LogP contribution >= 0.6 is 0 Å². The standard InChI is InChI=1S/C19H19N5O2/c1-23-10-14-11-24(8-7-13(14)9-15(23)25)19(26)17-16(18(20)22-21-17)12-5-3-2-4-6-12/h2-6,9-10H,7-8,11H2,1H3,(H3,20,21,22). The number of aromatic amines is 1. The molecule has 3 N–H and O–H groups in total. The van der Waals surface area contributed by atoms with Gasteiger partial charge < -0.3 is 15.2 Å². The molecule has 0 atom stereocenters. The summed E-state index contributed by atoms with van der Waals surface area (Å²) < 4.78 is 1.54. The van der Waals surface area contributed by atoms with Crippen LogP contribution in [0.25, 0.3) is 11.1 Å². The highest BCUT2D eigenvalue weighted by Gasteiger charge is 2.27. The number of aryl methyl sites for hydroxylation is 1. The number of benzene rings is 1. The van der Waals surface area contributed by atoms with Crippen molar-refractivity contribution in [1.29, 1.82) is 0 Å². The Balaban J connectivity index is 1.68. The number of hydrogen-bond acceptors (Lipinski definition) is 4. The monoisotopic (exact) mass is 349 g/mol. The molecule has 0 saturated carbocycles. The van der Waals surface area contributed by atoms with E-state index in [9.17, 15) is 9.59 Å².